The van der Waals surface area contributed by atoms with Crippen LogP contribution >= 0.6 is 11.8 Å². The van der Waals surface area contributed by atoms with Gasteiger partial charge >= 0.3 is 5.97 Å². The smallest absolute Gasteiger partial charge is 0.335 e. The molecule has 1 aliphatic rings. The summed E-state index contributed by atoms with van der Waals surface area (Å²) < 4.78 is 68.0. The second-order valence-corrected chi connectivity index (χ2v) is 10.0. The molecule has 0 bridgehead atoms. The number of para-hydroxylation sites is 1. The maximum atomic E-state index is 14.7. The third kappa shape index (κ3) is 5.79. The second kappa shape index (κ2) is 12.0. The first kappa shape index (κ1) is 28.7. The Kier molecular flexibility index (Phi) is 8.16. The van der Waals surface area contributed by atoms with Crippen molar-refractivity contribution >= 4 is 28.7 Å². The minimum atomic E-state index is -1.40. The van der Waals surface area contributed by atoms with Crippen LogP contribution in [0.25, 0.3) is 0 Å². The number of ether oxygens (including phenoxy) is 2. The molecule has 7 nitrogen and oxygen atoms in total. The van der Waals surface area contributed by atoms with Gasteiger partial charge in [0.2, 0.25) is 0 Å². The Morgan fingerprint density at radius 1 is 0.929 bits per heavy atom. The molecule has 4 aromatic carbocycles. The van der Waals surface area contributed by atoms with Gasteiger partial charge in [-0.3, -0.25) is 4.79 Å². The van der Waals surface area contributed by atoms with Gasteiger partial charge in [-0.1, -0.05) is 36.0 Å². The van der Waals surface area contributed by atoms with E-state index in [2.05, 4.69) is 5.10 Å². The minimum Gasteiger partial charge on any atom is -0.492 e. The lowest BCUT2D eigenvalue weighted by Crippen LogP contribution is -2.28. The molecule has 0 saturated heterocycles. The fourth-order valence-electron chi connectivity index (χ4n) is 4.27. The maximum absolute atomic E-state index is 14.7. The zero-order valence-corrected chi connectivity index (χ0v) is 22.5. The lowest BCUT2D eigenvalue weighted by atomic mass is 10.1. The van der Waals surface area contributed by atoms with E-state index < -0.39 is 46.1 Å². The Balaban J connectivity index is 1.53. The number of hydrogen-bond acceptors (Lipinski definition) is 6. The normalized spacial score (nSPS) is 14.5. The van der Waals surface area contributed by atoms with E-state index >= 15 is 0 Å². The molecule has 0 fully saturated rings. The Morgan fingerprint density at radius 3 is 2.29 bits per heavy atom. The van der Waals surface area contributed by atoms with Crippen LogP contribution in [0.3, 0.4) is 0 Å². The van der Waals surface area contributed by atoms with Crippen LogP contribution in [-0.2, 0) is 6.61 Å². The van der Waals surface area contributed by atoms with E-state index in [0.717, 1.165) is 16.8 Å². The van der Waals surface area contributed by atoms with Crippen LogP contribution in [0.2, 0.25) is 0 Å². The molecule has 1 aliphatic heterocycles. The number of methoxy groups -OCH3 is 1. The molecule has 0 radical (unpaired) electrons. The summed E-state index contributed by atoms with van der Waals surface area (Å²) in [5, 5.41) is 13.6. The Morgan fingerprint density at radius 2 is 1.62 bits per heavy atom. The molecular weight excluding hydrogens is 576 g/mol. The number of halogens is 4. The van der Waals surface area contributed by atoms with E-state index in [9.17, 15) is 32.3 Å². The number of aromatic carboxylic acids is 1. The minimum absolute atomic E-state index is 0.0231. The van der Waals surface area contributed by atoms with E-state index in [1.165, 1.54) is 43.5 Å². The molecular formula is C30H20F4N2O5S. The van der Waals surface area contributed by atoms with Gasteiger partial charge in [0.25, 0.3) is 5.91 Å². The number of hydrogen-bond donors (Lipinski definition) is 1. The zero-order chi connectivity index (χ0) is 30.0. The molecule has 5 rings (SSSR count). The predicted octanol–water partition coefficient (Wildman–Crippen LogP) is 6.78. The van der Waals surface area contributed by atoms with Crippen LogP contribution in [0, 0.1) is 23.3 Å². The molecule has 42 heavy (non-hydrogen) atoms. The maximum Gasteiger partial charge on any atom is 0.335 e. The lowest BCUT2D eigenvalue weighted by molar-refractivity contribution is 0.0694. The molecule has 1 atom stereocenters. The van der Waals surface area contributed by atoms with Gasteiger partial charge in [-0.2, -0.15) is 5.10 Å². The monoisotopic (exact) mass is 596 g/mol. The fourth-order valence-corrected chi connectivity index (χ4v) is 5.44. The van der Waals surface area contributed by atoms with Crippen molar-refractivity contribution in [3.63, 3.8) is 0 Å². The molecule has 1 N–H and O–H groups in total. The van der Waals surface area contributed by atoms with Gasteiger partial charge in [0.05, 0.1) is 12.7 Å². The molecule has 1 unspecified atom stereocenters. The highest BCUT2D eigenvalue weighted by molar-refractivity contribution is 8.14. The molecule has 1 heterocycles. The highest BCUT2D eigenvalue weighted by Gasteiger charge is 2.39. The number of thioether (sulfide) groups is 1. The van der Waals surface area contributed by atoms with Crippen LogP contribution in [0.15, 0.2) is 84.0 Å². The second-order valence-electron chi connectivity index (χ2n) is 8.95. The molecule has 0 aromatic heterocycles. The molecule has 1 amide bonds. The summed E-state index contributed by atoms with van der Waals surface area (Å²) in [5.41, 5.74) is 0.427. The van der Waals surface area contributed by atoms with Crippen LogP contribution in [-0.4, -0.2) is 34.1 Å². The first-order valence-corrected chi connectivity index (χ1v) is 13.2. The average Bonchev–Trinajstić information content (AvgIpc) is 3.41. The molecule has 0 saturated carbocycles. The van der Waals surface area contributed by atoms with Crippen LogP contribution in [0.1, 0.15) is 42.8 Å². The van der Waals surface area contributed by atoms with E-state index in [1.54, 1.807) is 30.3 Å². The van der Waals surface area contributed by atoms with Crippen molar-refractivity contribution in [2.24, 2.45) is 5.10 Å². The number of amides is 1. The number of hydrazone groups is 1. The first-order chi connectivity index (χ1) is 20.2. The van der Waals surface area contributed by atoms with E-state index in [1.807, 2.05) is 0 Å². The summed E-state index contributed by atoms with van der Waals surface area (Å²) in [6.45, 7) is -0.0231. The van der Waals surface area contributed by atoms with Gasteiger partial charge < -0.3 is 14.6 Å². The van der Waals surface area contributed by atoms with Crippen molar-refractivity contribution in [3.8, 4) is 11.5 Å². The van der Waals surface area contributed by atoms with Gasteiger partial charge in [-0.25, -0.2) is 27.4 Å². The largest absolute Gasteiger partial charge is 0.492 e. The van der Waals surface area contributed by atoms with E-state index in [4.69, 9.17) is 9.47 Å². The van der Waals surface area contributed by atoms with Crippen LogP contribution < -0.4 is 9.47 Å². The summed E-state index contributed by atoms with van der Waals surface area (Å²) in [6, 6.07) is 17.0. The van der Waals surface area contributed by atoms with Gasteiger partial charge in [-0.05, 0) is 48.0 Å². The fraction of sp³-hybridized carbons (Fsp3) is 0.100. The van der Waals surface area contributed by atoms with Gasteiger partial charge in [0, 0.05) is 23.3 Å². The molecule has 214 valence electrons. The predicted molar refractivity (Wildman–Crippen MR) is 146 cm³/mol. The number of carbonyl (C=O) groups is 2. The lowest BCUT2D eigenvalue weighted by Gasteiger charge is -2.24. The number of benzene rings is 4. The number of carbonyl (C=O) groups excluding carboxylic acids is 1. The summed E-state index contributed by atoms with van der Waals surface area (Å²) in [4.78, 5) is 24.8. The third-order valence-corrected chi connectivity index (χ3v) is 7.43. The van der Waals surface area contributed by atoms with E-state index in [-0.39, 0.29) is 28.7 Å². The SMILES string of the molecule is COc1c(OCc2cccc(C(=O)O)c2)cccc1C1SC(c2ccc(F)cc2)=NN1C(=O)c1c(F)cc(F)cc1F. The standard InChI is InChI=1S/C30H20F4N2O5S/c1-40-26-21(6-3-7-24(26)41-15-16-4-2-5-18(12-16)30(38)39)29-36(28(37)25-22(33)13-20(32)14-23(25)34)35-27(42-29)17-8-10-19(31)11-9-17/h2-14,29H,15H2,1H3,(H,38,39). The third-order valence-electron chi connectivity index (χ3n) is 6.21. The van der Waals surface area contributed by atoms with Crippen molar-refractivity contribution in [3.05, 3.63) is 130 Å². The average molecular weight is 597 g/mol. The quantitative estimate of drug-likeness (QED) is 0.226. The number of rotatable bonds is 8. The van der Waals surface area contributed by atoms with Crippen LogP contribution in [0.4, 0.5) is 17.6 Å². The first-order valence-electron chi connectivity index (χ1n) is 12.3. The molecule has 12 heteroatoms. The van der Waals surface area contributed by atoms with E-state index in [0.29, 0.717) is 28.8 Å². The summed E-state index contributed by atoms with van der Waals surface area (Å²) in [5.74, 6) is -6.36. The molecule has 4 aromatic rings. The Bertz CT molecular complexity index is 1690. The van der Waals surface area contributed by atoms with Gasteiger partial charge in [0.15, 0.2) is 11.5 Å². The summed E-state index contributed by atoms with van der Waals surface area (Å²) >= 11 is 1.04. The Labute approximate surface area is 241 Å². The molecule has 0 aliphatic carbocycles. The molecule has 0 spiro atoms. The Hall–Kier alpha value is -4.84. The van der Waals surface area contributed by atoms with Crippen LogP contribution in [0.5, 0.6) is 11.5 Å². The van der Waals surface area contributed by atoms with Crippen molar-refractivity contribution in [2.75, 3.05) is 7.11 Å². The topological polar surface area (TPSA) is 88.4 Å². The van der Waals surface area contributed by atoms with Crippen molar-refractivity contribution in [1.29, 1.82) is 0 Å². The zero-order valence-electron chi connectivity index (χ0n) is 21.7. The van der Waals surface area contributed by atoms with Gasteiger partial charge in [0.1, 0.15) is 45.9 Å². The number of nitrogens with zero attached hydrogens (tertiary/aromatic N) is 2. The number of carboxylic acids is 1. The summed E-state index contributed by atoms with van der Waals surface area (Å²) in [6.07, 6.45) is 0. The van der Waals surface area contributed by atoms with Crippen molar-refractivity contribution < 1.29 is 41.7 Å². The number of carboxylic acid groups (broad SMARTS) is 1. The van der Waals surface area contributed by atoms with Crippen molar-refractivity contribution in [1.82, 2.24) is 5.01 Å². The highest BCUT2D eigenvalue weighted by atomic mass is 32.2. The summed E-state index contributed by atoms with van der Waals surface area (Å²) in [7, 11) is 1.36. The van der Waals surface area contributed by atoms with Gasteiger partial charge in [-0.15, -0.1) is 0 Å². The van der Waals surface area contributed by atoms with Crippen molar-refractivity contribution in [2.45, 2.75) is 12.0 Å². The highest BCUT2D eigenvalue weighted by Crippen LogP contribution is 2.48.